The van der Waals surface area contributed by atoms with Gasteiger partial charge < -0.3 is 4.52 Å². The molecule has 0 saturated heterocycles. The molecule has 0 spiro atoms. The molecule has 0 aliphatic heterocycles. The monoisotopic (exact) mass is 553 g/mol. The molecule has 5 aromatic rings. The van der Waals surface area contributed by atoms with E-state index in [4.69, 9.17) is 16.1 Å². The standard InChI is InChI=1S/C26H20ClN3O5S2/c1-17-12-19(27)15-22(13-17)37(33,34)30-20-10-11-23-18(14-20)6-5-9-24(23)26-28-25(29-35-26)16-36(31,32)21-7-3-2-4-8-21/h2-15,30H,16H2,1H3. The van der Waals surface area contributed by atoms with Crippen LogP contribution in [0.15, 0.2) is 99.2 Å². The number of hydrogen-bond donors (Lipinski definition) is 1. The normalized spacial score (nSPS) is 12.1. The number of fused-ring (bicyclic) bond motifs is 1. The van der Waals surface area contributed by atoms with Crippen LogP contribution in [0.5, 0.6) is 0 Å². The SMILES string of the molecule is Cc1cc(Cl)cc(S(=O)(=O)Nc2ccc3c(-c4nc(CS(=O)(=O)c5ccccc5)no4)cccc3c2)c1. The first-order chi connectivity index (χ1) is 17.6. The van der Waals surface area contributed by atoms with Crippen molar-refractivity contribution in [1.82, 2.24) is 10.1 Å². The van der Waals surface area contributed by atoms with Gasteiger partial charge in [0.25, 0.3) is 15.9 Å². The Morgan fingerprint density at radius 3 is 2.41 bits per heavy atom. The molecule has 37 heavy (non-hydrogen) atoms. The van der Waals surface area contributed by atoms with Crippen molar-refractivity contribution in [3.63, 3.8) is 0 Å². The Kier molecular flexibility index (Phi) is 6.49. The van der Waals surface area contributed by atoms with Crippen LogP contribution in [0, 0.1) is 6.92 Å². The zero-order valence-electron chi connectivity index (χ0n) is 19.4. The van der Waals surface area contributed by atoms with Gasteiger partial charge >= 0.3 is 0 Å². The van der Waals surface area contributed by atoms with Crippen LogP contribution in [-0.2, 0) is 25.6 Å². The third-order valence-corrected chi connectivity index (χ3v) is 8.79. The van der Waals surface area contributed by atoms with E-state index in [1.165, 1.54) is 18.2 Å². The highest BCUT2D eigenvalue weighted by Gasteiger charge is 2.21. The molecule has 188 valence electrons. The van der Waals surface area contributed by atoms with Crippen molar-refractivity contribution in [3.05, 3.63) is 101 Å². The van der Waals surface area contributed by atoms with Crippen molar-refractivity contribution < 1.29 is 21.4 Å². The number of hydrogen-bond acceptors (Lipinski definition) is 7. The van der Waals surface area contributed by atoms with E-state index in [2.05, 4.69) is 14.9 Å². The number of nitrogens with zero attached hydrogens (tertiary/aromatic N) is 2. The van der Waals surface area contributed by atoms with Crippen molar-refractivity contribution >= 4 is 47.9 Å². The first kappa shape index (κ1) is 24.9. The van der Waals surface area contributed by atoms with Crippen LogP contribution in [0.2, 0.25) is 5.02 Å². The Balaban J connectivity index is 1.43. The predicted octanol–water partition coefficient (Wildman–Crippen LogP) is 5.63. The minimum atomic E-state index is -3.86. The lowest BCUT2D eigenvalue weighted by Gasteiger charge is -2.11. The molecule has 0 atom stereocenters. The van der Waals surface area contributed by atoms with Gasteiger partial charge in [0, 0.05) is 16.3 Å². The summed E-state index contributed by atoms with van der Waals surface area (Å²) in [5.74, 6) is -0.205. The first-order valence-electron chi connectivity index (χ1n) is 11.0. The fourth-order valence-electron chi connectivity index (χ4n) is 3.91. The van der Waals surface area contributed by atoms with Crippen LogP contribution in [0.1, 0.15) is 11.4 Å². The quantitative estimate of drug-likeness (QED) is 0.277. The van der Waals surface area contributed by atoms with E-state index in [0.29, 0.717) is 16.3 Å². The maximum absolute atomic E-state index is 12.9. The van der Waals surface area contributed by atoms with Gasteiger partial charge in [-0.15, -0.1) is 0 Å². The van der Waals surface area contributed by atoms with Gasteiger partial charge in [0.2, 0.25) is 0 Å². The third kappa shape index (κ3) is 5.36. The summed E-state index contributed by atoms with van der Waals surface area (Å²) in [7, 11) is -7.49. The van der Waals surface area contributed by atoms with Gasteiger partial charge in [0.05, 0.1) is 9.79 Å². The number of halogens is 1. The van der Waals surface area contributed by atoms with Crippen LogP contribution in [-0.4, -0.2) is 27.0 Å². The molecule has 8 nitrogen and oxygen atoms in total. The topological polar surface area (TPSA) is 119 Å². The van der Waals surface area contributed by atoms with E-state index in [-0.39, 0.29) is 21.5 Å². The van der Waals surface area contributed by atoms with E-state index in [1.807, 2.05) is 6.07 Å². The molecular formula is C26H20ClN3O5S2. The second-order valence-electron chi connectivity index (χ2n) is 8.40. The minimum Gasteiger partial charge on any atom is -0.334 e. The van der Waals surface area contributed by atoms with E-state index in [0.717, 1.165) is 16.3 Å². The molecule has 0 radical (unpaired) electrons. The minimum absolute atomic E-state index is 0.0389. The summed E-state index contributed by atoms with van der Waals surface area (Å²) < 4.78 is 59.1. The number of rotatable bonds is 7. The van der Waals surface area contributed by atoms with Crippen LogP contribution >= 0.6 is 11.6 Å². The number of sulfonamides is 1. The molecule has 1 N–H and O–H groups in total. The molecule has 0 aliphatic rings. The number of aryl methyl sites for hydroxylation is 1. The lowest BCUT2D eigenvalue weighted by molar-refractivity contribution is 0.425. The maximum atomic E-state index is 12.9. The summed E-state index contributed by atoms with van der Waals surface area (Å²) in [6.45, 7) is 1.77. The summed E-state index contributed by atoms with van der Waals surface area (Å²) in [4.78, 5) is 4.54. The lowest BCUT2D eigenvalue weighted by Crippen LogP contribution is -2.13. The number of anilines is 1. The van der Waals surface area contributed by atoms with Gasteiger partial charge in [-0.1, -0.05) is 53.2 Å². The molecule has 11 heteroatoms. The predicted molar refractivity (Wildman–Crippen MR) is 142 cm³/mol. The fraction of sp³-hybridized carbons (Fsp3) is 0.0769. The zero-order chi connectivity index (χ0) is 26.2. The summed E-state index contributed by atoms with van der Waals surface area (Å²) in [6, 6.07) is 23.1. The highest BCUT2D eigenvalue weighted by Crippen LogP contribution is 2.31. The van der Waals surface area contributed by atoms with Gasteiger partial charge in [0.15, 0.2) is 15.7 Å². The summed E-state index contributed by atoms with van der Waals surface area (Å²) >= 11 is 6.04. The number of aromatic nitrogens is 2. The average Bonchev–Trinajstić information content (AvgIpc) is 3.31. The molecule has 0 amide bonds. The van der Waals surface area contributed by atoms with Crippen LogP contribution in [0.4, 0.5) is 5.69 Å². The van der Waals surface area contributed by atoms with E-state index in [1.54, 1.807) is 67.6 Å². The van der Waals surface area contributed by atoms with Gasteiger partial charge in [-0.2, -0.15) is 4.98 Å². The van der Waals surface area contributed by atoms with Gasteiger partial charge in [-0.25, -0.2) is 16.8 Å². The molecule has 0 bridgehead atoms. The van der Waals surface area contributed by atoms with Crippen molar-refractivity contribution in [3.8, 4) is 11.5 Å². The highest BCUT2D eigenvalue weighted by atomic mass is 35.5. The molecule has 0 saturated carbocycles. The average molecular weight is 554 g/mol. The van der Waals surface area contributed by atoms with Crippen molar-refractivity contribution in [2.45, 2.75) is 22.5 Å². The Morgan fingerprint density at radius 2 is 1.65 bits per heavy atom. The van der Waals surface area contributed by atoms with Gasteiger partial charge in [-0.3, -0.25) is 4.72 Å². The van der Waals surface area contributed by atoms with E-state index < -0.39 is 25.6 Å². The van der Waals surface area contributed by atoms with Crippen LogP contribution in [0.25, 0.3) is 22.2 Å². The molecule has 0 aliphatic carbocycles. The lowest BCUT2D eigenvalue weighted by atomic mass is 10.0. The largest absolute Gasteiger partial charge is 0.334 e. The summed E-state index contributed by atoms with van der Waals surface area (Å²) in [5.41, 5.74) is 1.68. The Labute approximate surface area is 218 Å². The molecule has 1 heterocycles. The van der Waals surface area contributed by atoms with Gasteiger partial charge in [-0.05, 0) is 71.8 Å². The second-order valence-corrected chi connectivity index (χ2v) is 12.5. The molecule has 5 rings (SSSR count). The van der Waals surface area contributed by atoms with Crippen molar-refractivity contribution in [2.75, 3.05) is 4.72 Å². The zero-order valence-corrected chi connectivity index (χ0v) is 21.8. The van der Waals surface area contributed by atoms with Crippen LogP contribution < -0.4 is 4.72 Å². The van der Waals surface area contributed by atoms with Crippen LogP contribution in [0.3, 0.4) is 0 Å². The molecular weight excluding hydrogens is 534 g/mol. The van der Waals surface area contributed by atoms with E-state index in [9.17, 15) is 16.8 Å². The molecule has 4 aromatic carbocycles. The Morgan fingerprint density at radius 1 is 0.865 bits per heavy atom. The Bertz CT molecular complexity index is 1820. The Hall–Kier alpha value is -3.73. The second kappa shape index (κ2) is 9.62. The molecule has 0 fully saturated rings. The number of sulfone groups is 1. The molecule has 1 aromatic heterocycles. The number of nitrogens with one attached hydrogen (secondary N) is 1. The maximum Gasteiger partial charge on any atom is 0.261 e. The van der Waals surface area contributed by atoms with E-state index >= 15 is 0 Å². The number of benzene rings is 4. The smallest absolute Gasteiger partial charge is 0.261 e. The highest BCUT2D eigenvalue weighted by molar-refractivity contribution is 7.92. The molecule has 0 unspecified atom stereocenters. The third-order valence-electron chi connectivity index (χ3n) is 5.58. The summed E-state index contributed by atoms with van der Waals surface area (Å²) in [5, 5.41) is 5.63. The van der Waals surface area contributed by atoms with Gasteiger partial charge in [0.1, 0.15) is 5.75 Å². The first-order valence-corrected chi connectivity index (χ1v) is 14.6. The van der Waals surface area contributed by atoms with Crippen molar-refractivity contribution in [1.29, 1.82) is 0 Å². The van der Waals surface area contributed by atoms with Crippen molar-refractivity contribution in [2.24, 2.45) is 0 Å². The summed E-state index contributed by atoms with van der Waals surface area (Å²) in [6.07, 6.45) is 0. The fourth-order valence-corrected chi connectivity index (χ4v) is 6.64.